The van der Waals surface area contributed by atoms with Gasteiger partial charge in [-0.1, -0.05) is 19.1 Å². The fourth-order valence-electron chi connectivity index (χ4n) is 1.92. The van der Waals surface area contributed by atoms with E-state index < -0.39 is 0 Å². The Kier molecular flexibility index (Phi) is 3.09. The Hall–Kier alpha value is -1.51. The summed E-state index contributed by atoms with van der Waals surface area (Å²) < 4.78 is 0. The Morgan fingerprint density at radius 1 is 1.41 bits per heavy atom. The van der Waals surface area contributed by atoms with Gasteiger partial charge in [0, 0.05) is 17.6 Å². The molecule has 0 spiro atoms. The topological polar surface area (TPSA) is 55.1 Å². The molecule has 1 aromatic rings. The zero-order chi connectivity index (χ0) is 12.5. The van der Waals surface area contributed by atoms with Crippen LogP contribution in [0.2, 0.25) is 0 Å². The Balaban J connectivity index is 1.89. The number of hydrogen-bond donors (Lipinski definition) is 2. The minimum absolute atomic E-state index is 0.0813. The van der Waals surface area contributed by atoms with Gasteiger partial charge in [0.15, 0.2) is 0 Å². The van der Waals surface area contributed by atoms with Crippen LogP contribution in [0, 0.1) is 0 Å². The van der Waals surface area contributed by atoms with E-state index >= 15 is 0 Å². The highest BCUT2D eigenvalue weighted by molar-refractivity contribution is 5.78. The van der Waals surface area contributed by atoms with Gasteiger partial charge in [0.05, 0.1) is 0 Å². The van der Waals surface area contributed by atoms with Crippen molar-refractivity contribution in [3.05, 3.63) is 29.8 Å². The molecule has 2 rings (SSSR count). The maximum atomic E-state index is 11.8. The monoisotopic (exact) mass is 232 g/mol. The van der Waals surface area contributed by atoms with Crippen molar-refractivity contribution in [2.75, 3.05) is 5.73 Å². The van der Waals surface area contributed by atoms with Gasteiger partial charge in [-0.15, -0.1) is 0 Å². The first-order valence-corrected chi connectivity index (χ1v) is 6.15. The van der Waals surface area contributed by atoms with Crippen LogP contribution in [0.4, 0.5) is 5.69 Å². The van der Waals surface area contributed by atoms with Crippen LogP contribution in [-0.4, -0.2) is 11.4 Å². The molecule has 1 aliphatic rings. The molecule has 1 amide bonds. The summed E-state index contributed by atoms with van der Waals surface area (Å²) in [6.07, 6.45) is 2.75. The molecule has 17 heavy (non-hydrogen) atoms. The van der Waals surface area contributed by atoms with E-state index in [9.17, 15) is 4.79 Å². The smallest absolute Gasteiger partial charge is 0.221 e. The Morgan fingerprint density at radius 2 is 2.00 bits per heavy atom. The molecule has 3 nitrogen and oxygen atoms in total. The minimum atomic E-state index is 0.0813. The highest BCUT2D eigenvalue weighted by Crippen LogP contribution is 2.34. The number of amides is 1. The van der Waals surface area contributed by atoms with Crippen LogP contribution in [0.15, 0.2) is 24.3 Å². The van der Waals surface area contributed by atoms with Gasteiger partial charge >= 0.3 is 0 Å². The molecule has 0 aromatic heterocycles. The second-order valence-electron chi connectivity index (χ2n) is 5.38. The van der Waals surface area contributed by atoms with Crippen molar-refractivity contribution in [2.24, 2.45) is 0 Å². The first-order valence-electron chi connectivity index (χ1n) is 6.15. The largest absolute Gasteiger partial charge is 0.399 e. The van der Waals surface area contributed by atoms with Gasteiger partial charge < -0.3 is 11.1 Å². The summed E-state index contributed by atoms with van der Waals surface area (Å²) in [4.78, 5) is 11.8. The molecule has 1 saturated carbocycles. The van der Waals surface area contributed by atoms with Crippen molar-refractivity contribution in [3.63, 3.8) is 0 Å². The number of carbonyl (C=O) groups is 1. The van der Waals surface area contributed by atoms with Crippen molar-refractivity contribution in [2.45, 2.75) is 44.6 Å². The lowest BCUT2D eigenvalue weighted by molar-refractivity contribution is -0.122. The maximum absolute atomic E-state index is 11.8. The second kappa shape index (κ2) is 4.40. The average molecular weight is 232 g/mol. The van der Waals surface area contributed by atoms with E-state index in [2.05, 4.69) is 19.2 Å². The number of benzene rings is 1. The third-order valence-corrected chi connectivity index (χ3v) is 3.44. The molecule has 1 atom stereocenters. The zero-order valence-electron chi connectivity index (χ0n) is 10.5. The molecule has 1 aromatic carbocycles. The summed E-state index contributed by atoms with van der Waals surface area (Å²) in [7, 11) is 0. The van der Waals surface area contributed by atoms with E-state index in [4.69, 9.17) is 5.73 Å². The number of anilines is 1. The normalized spacial score (nSPS) is 18.5. The van der Waals surface area contributed by atoms with Crippen LogP contribution < -0.4 is 11.1 Å². The maximum Gasteiger partial charge on any atom is 0.221 e. The van der Waals surface area contributed by atoms with E-state index in [1.54, 1.807) is 0 Å². The molecule has 1 aliphatic carbocycles. The molecule has 0 bridgehead atoms. The molecule has 0 saturated heterocycles. The van der Waals surface area contributed by atoms with Gasteiger partial charge in [-0.3, -0.25) is 4.79 Å². The van der Waals surface area contributed by atoms with Crippen molar-refractivity contribution in [1.29, 1.82) is 0 Å². The van der Waals surface area contributed by atoms with Crippen molar-refractivity contribution >= 4 is 11.6 Å². The SMILES string of the molecule is CC(CC(=O)NC1(C)CC1)c1ccc(N)cc1. The van der Waals surface area contributed by atoms with E-state index in [0.717, 1.165) is 24.1 Å². The predicted molar refractivity (Wildman–Crippen MR) is 69.7 cm³/mol. The second-order valence-corrected chi connectivity index (χ2v) is 5.38. The molecule has 3 heteroatoms. The molecular weight excluding hydrogens is 212 g/mol. The van der Waals surface area contributed by atoms with Gasteiger partial charge in [-0.05, 0) is 43.4 Å². The number of nitrogens with two attached hydrogens (primary N) is 1. The molecule has 92 valence electrons. The molecule has 3 N–H and O–H groups in total. The third-order valence-electron chi connectivity index (χ3n) is 3.44. The van der Waals surface area contributed by atoms with Gasteiger partial charge in [-0.25, -0.2) is 0 Å². The Bertz CT molecular complexity index is 407. The standard InChI is InChI=1S/C14H20N2O/c1-10(11-3-5-12(15)6-4-11)9-13(17)16-14(2)7-8-14/h3-6,10H,7-9,15H2,1-2H3,(H,16,17). The highest BCUT2D eigenvalue weighted by Gasteiger charge is 2.38. The summed E-state index contributed by atoms with van der Waals surface area (Å²) in [6, 6.07) is 7.75. The molecule has 0 radical (unpaired) electrons. The fourth-order valence-corrected chi connectivity index (χ4v) is 1.92. The van der Waals surface area contributed by atoms with Crippen LogP contribution in [0.3, 0.4) is 0 Å². The van der Waals surface area contributed by atoms with Gasteiger partial charge in [0.1, 0.15) is 0 Å². The molecular formula is C14H20N2O. The summed E-state index contributed by atoms with van der Waals surface area (Å²) in [5, 5.41) is 3.08. The van der Waals surface area contributed by atoms with Crippen LogP contribution in [-0.2, 0) is 4.79 Å². The van der Waals surface area contributed by atoms with E-state index in [0.29, 0.717) is 6.42 Å². The van der Waals surface area contributed by atoms with E-state index in [1.165, 1.54) is 0 Å². The third kappa shape index (κ3) is 3.22. The van der Waals surface area contributed by atoms with Crippen LogP contribution in [0.5, 0.6) is 0 Å². The van der Waals surface area contributed by atoms with Crippen molar-refractivity contribution in [3.8, 4) is 0 Å². The molecule has 0 heterocycles. The van der Waals surface area contributed by atoms with Crippen LogP contribution in [0.1, 0.15) is 44.6 Å². The van der Waals surface area contributed by atoms with Crippen LogP contribution >= 0.6 is 0 Å². The zero-order valence-corrected chi connectivity index (χ0v) is 10.5. The predicted octanol–water partition coefficient (Wildman–Crippen LogP) is 2.43. The lowest BCUT2D eigenvalue weighted by Crippen LogP contribution is -2.34. The number of carbonyl (C=O) groups excluding carboxylic acids is 1. The van der Waals surface area contributed by atoms with Crippen LogP contribution in [0.25, 0.3) is 0 Å². The summed E-state index contributed by atoms with van der Waals surface area (Å²) in [5.74, 6) is 0.382. The quantitative estimate of drug-likeness (QED) is 0.783. The number of rotatable bonds is 4. The first-order chi connectivity index (χ1) is 7.98. The molecule has 1 fully saturated rings. The molecule has 0 aliphatic heterocycles. The summed E-state index contributed by atoms with van der Waals surface area (Å²) in [6.45, 7) is 4.17. The van der Waals surface area contributed by atoms with Crippen molar-refractivity contribution < 1.29 is 4.79 Å². The van der Waals surface area contributed by atoms with Gasteiger partial charge in [0.25, 0.3) is 0 Å². The van der Waals surface area contributed by atoms with Crippen molar-refractivity contribution in [1.82, 2.24) is 5.32 Å². The fraction of sp³-hybridized carbons (Fsp3) is 0.500. The number of nitrogen functional groups attached to an aromatic ring is 1. The van der Waals surface area contributed by atoms with E-state index in [1.807, 2.05) is 24.3 Å². The summed E-state index contributed by atoms with van der Waals surface area (Å²) in [5.41, 5.74) is 7.64. The van der Waals surface area contributed by atoms with Gasteiger partial charge in [0.2, 0.25) is 5.91 Å². The van der Waals surface area contributed by atoms with Gasteiger partial charge in [-0.2, -0.15) is 0 Å². The number of nitrogens with one attached hydrogen (secondary N) is 1. The molecule has 1 unspecified atom stereocenters. The lowest BCUT2D eigenvalue weighted by atomic mass is 9.97. The average Bonchev–Trinajstić information content (AvgIpc) is 2.96. The minimum Gasteiger partial charge on any atom is -0.399 e. The lowest BCUT2D eigenvalue weighted by Gasteiger charge is -2.15. The van der Waals surface area contributed by atoms with E-state index in [-0.39, 0.29) is 17.4 Å². The Labute approximate surface area is 102 Å². The highest BCUT2D eigenvalue weighted by atomic mass is 16.1. The Morgan fingerprint density at radius 3 is 2.53 bits per heavy atom. The first kappa shape index (κ1) is 12.0. The number of hydrogen-bond acceptors (Lipinski definition) is 2. The summed E-state index contributed by atoms with van der Waals surface area (Å²) >= 11 is 0.